The van der Waals surface area contributed by atoms with Crippen molar-refractivity contribution in [3.8, 4) is 6.07 Å². The molecular weight excluding hydrogens is 358 g/mol. The summed E-state index contributed by atoms with van der Waals surface area (Å²) in [6, 6.07) is 6.87. The lowest BCUT2D eigenvalue weighted by atomic mass is 10.2. The normalized spacial score (nSPS) is 11.8. The minimum absolute atomic E-state index is 0.253. The zero-order chi connectivity index (χ0) is 19.5. The van der Waals surface area contributed by atoms with E-state index in [0.717, 1.165) is 0 Å². The van der Waals surface area contributed by atoms with Gasteiger partial charge in [0.2, 0.25) is 0 Å². The van der Waals surface area contributed by atoms with Gasteiger partial charge in [0.05, 0.1) is 12.7 Å². The summed E-state index contributed by atoms with van der Waals surface area (Å²) in [5.74, 6) is -1.85. The number of methoxy groups -OCH3 is 1. The Morgan fingerprint density at radius 3 is 2.50 bits per heavy atom. The number of thioether (sulfide) groups is 1. The van der Waals surface area contributed by atoms with Gasteiger partial charge in [0.15, 0.2) is 0 Å². The number of aliphatic carboxylic acids is 1. The Labute approximate surface area is 155 Å². The van der Waals surface area contributed by atoms with Crippen LogP contribution < -0.4 is 10.6 Å². The minimum atomic E-state index is -1.16. The summed E-state index contributed by atoms with van der Waals surface area (Å²) in [5.41, 5.74) is 0.631. The Hall–Kier alpha value is -2.99. The van der Waals surface area contributed by atoms with Crippen molar-refractivity contribution in [2.75, 3.05) is 24.4 Å². The van der Waals surface area contributed by atoms with Gasteiger partial charge in [-0.3, -0.25) is 4.79 Å². The van der Waals surface area contributed by atoms with Gasteiger partial charge in [0, 0.05) is 11.9 Å². The van der Waals surface area contributed by atoms with E-state index in [4.69, 9.17) is 10.4 Å². The molecule has 0 fully saturated rings. The van der Waals surface area contributed by atoms with Gasteiger partial charge in [0.25, 0.3) is 5.91 Å². The molecule has 1 amide bonds. The van der Waals surface area contributed by atoms with E-state index in [1.165, 1.54) is 37.2 Å². The molecule has 9 heteroatoms. The van der Waals surface area contributed by atoms with Crippen molar-refractivity contribution in [3.05, 3.63) is 41.6 Å². The smallest absolute Gasteiger partial charge is 0.337 e. The lowest BCUT2D eigenvalue weighted by molar-refractivity contribution is -0.141. The average Bonchev–Trinajstić information content (AvgIpc) is 2.65. The predicted molar refractivity (Wildman–Crippen MR) is 97.7 cm³/mol. The summed E-state index contributed by atoms with van der Waals surface area (Å²) in [6.45, 7) is 0. The van der Waals surface area contributed by atoms with E-state index in [0.29, 0.717) is 17.0 Å². The first-order chi connectivity index (χ1) is 12.4. The molecular formula is C17H19N3O5S. The maximum Gasteiger partial charge on any atom is 0.337 e. The molecule has 1 unspecified atom stereocenters. The van der Waals surface area contributed by atoms with E-state index < -0.39 is 23.9 Å². The highest BCUT2D eigenvalue weighted by molar-refractivity contribution is 7.98. The fourth-order valence-electron chi connectivity index (χ4n) is 1.85. The largest absolute Gasteiger partial charge is 0.480 e. The summed E-state index contributed by atoms with van der Waals surface area (Å²) in [4.78, 5) is 34.6. The van der Waals surface area contributed by atoms with Crippen LogP contribution in [0.15, 0.2) is 36.0 Å². The van der Waals surface area contributed by atoms with Crippen LogP contribution in [-0.4, -0.2) is 48.1 Å². The average molecular weight is 377 g/mol. The summed E-state index contributed by atoms with van der Waals surface area (Å²) in [5, 5.41) is 23.3. The molecule has 0 radical (unpaired) electrons. The number of benzene rings is 1. The molecule has 0 heterocycles. The molecule has 3 N–H and O–H groups in total. The number of carbonyl (C=O) groups is 3. The van der Waals surface area contributed by atoms with Crippen LogP contribution in [0, 0.1) is 11.3 Å². The van der Waals surface area contributed by atoms with Crippen molar-refractivity contribution in [1.29, 1.82) is 5.26 Å². The van der Waals surface area contributed by atoms with Crippen LogP contribution in [0.3, 0.4) is 0 Å². The minimum Gasteiger partial charge on any atom is -0.480 e. The van der Waals surface area contributed by atoms with Gasteiger partial charge in [0.1, 0.15) is 17.7 Å². The van der Waals surface area contributed by atoms with Gasteiger partial charge in [-0.1, -0.05) is 0 Å². The molecule has 1 aromatic carbocycles. The van der Waals surface area contributed by atoms with E-state index in [1.807, 2.05) is 6.26 Å². The second-order valence-corrected chi connectivity index (χ2v) is 6.01. The van der Waals surface area contributed by atoms with Crippen LogP contribution in [0.2, 0.25) is 0 Å². The van der Waals surface area contributed by atoms with E-state index in [1.54, 1.807) is 18.2 Å². The fourth-order valence-corrected chi connectivity index (χ4v) is 2.32. The van der Waals surface area contributed by atoms with Gasteiger partial charge >= 0.3 is 11.9 Å². The van der Waals surface area contributed by atoms with Crippen LogP contribution in [0.1, 0.15) is 16.8 Å². The van der Waals surface area contributed by atoms with Crippen LogP contribution in [0.4, 0.5) is 5.69 Å². The summed E-state index contributed by atoms with van der Waals surface area (Å²) < 4.78 is 4.59. The van der Waals surface area contributed by atoms with E-state index in [9.17, 15) is 14.4 Å². The maximum absolute atomic E-state index is 12.1. The summed E-state index contributed by atoms with van der Waals surface area (Å²) >= 11 is 1.46. The Morgan fingerprint density at radius 1 is 1.35 bits per heavy atom. The van der Waals surface area contributed by atoms with Crippen molar-refractivity contribution in [2.24, 2.45) is 0 Å². The third-order valence-electron chi connectivity index (χ3n) is 3.27. The van der Waals surface area contributed by atoms with Gasteiger partial charge in [-0.05, 0) is 42.7 Å². The second-order valence-electron chi connectivity index (χ2n) is 5.03. The van der Waals surface area contributed by atoms with Gasteiger partial charge in [-0.15, -0.1) is 0 Å². The first-order valence-electron chi connectivity index (χ1n) is 7.50. The van der Waals surface area contributed by atoms with Crippen LogP contribution in [0.25, 0.3) is 0 Å². The standard InChI is InChI=1S/C17H19N3O5S/c1-25-17(24)11-3-5-13(6-4-11)19-10-12(9-18)15(21)20-14(16(22)23)7-8-26-2/h3-6,10,14,19H,7-8H2,1-2H3,(H,20,21)(H,22,23)/b12-10-. The van der Waals surface area contributed by atoms with Crippen LogP contribution in [0.5, 0.6) is 0 Å². The monoisotopic (exact) mass is 377 g/mol. The zero-order valence-electron chi connectivity index (χ0n) is 14.3. The lowest BCUT2D eigenvalue weighted by Gasteiger charge is -2.13. The molecule has 1 atom stereocenters. The number of amides is 1. The number of nitrogens with one attached hydrogen (secondary N) is 2. The fraction of sp³-hybridized carbons (Fsp3) is 0.294. The third kappa shape index (κ3) is 6.49. The number of nitrogens with zero attached hydrogens (tertiary/aromatic N) is 1. The van der Waals surface area contributed by atoms with Crippen molar-refractivity contribution in [2.45, 2.75) is 12.5 Å². The molecule has 0 spiro atoms. The van der Waals surface area contributed by atoms with Crippen LogP contribution in [-0.2, 0) is 14.3 Å². The molecule has 0 aromatic heterocycles. The van der Waals surface area contributed by atoms with E-state index in [-0.39, 0.29) is 12.0 Å². The molecule has 138 valence electrons. The number of rotatable bonds is 9. The number of hydrogen-bond donors (Lipinski definition) is 3. The SMILES string of the molecule is COC(=O)c1ccc(N/C=C(/C#N)C(=O)NC(CCSC)C(=O)O)cc1. The first-order valence-corrected chi connectivity index (χ1v) is 8.90. The zero-order valence-corrected chi connectivity index (χ0v) is 15.1. The number of nitriles is 1. The van der Waals surface area contributed by atoms with Crippen molar-refractivity contribution < 1.29 is 24.2 Å². The van der Waals surface area contributed by atoms with Crippen molar-refractivity contribution in [3.63, 3.8) is 0 Å². The summed E-state index contributed by atoms with van der Waals surface area (Å²) in [6.07, 6.45) is 3.26. The number of carboxylic acid groups (broad SMARTS) is 1. The van der Waals surface area contributed by atoms with E-state index >= 15 is 0 Å². The third-order valence-corrected chi connectivity index (χ3v) is 3.91. The molecule has 1 aromatic rings. The Bertz CT molecular complexity index is 725. The van der Waals surface area contributed by atoms with Gasteiger partial charge in [-0.25, -0.2) is 9.59 Å². The number of anilines is 1. The molecule has 1 rings (SSSR count). The number of hydrogen-bond acceptors (Lipinski definition) is 7. The number of carboxylic acids is 1. The number of carbonyl (C=O) groups excluding carboxylic acids is 2. The topological polar surface area (TPSA) is 129 Å². The van der Waals surface area contributed by atoms with Gasteiger partial charge in [-0.2, -0.15) is 17.0 Å². The quantitative estimate of drug-likeness (QED) is 0.336. The molecule has 0 aliphatic rings. The number of ether oxygens (including phenoxy) is 1. The second kappa shape index (κ2) is 10.8. The molecule has 0 saturated heterocycles. The highest BCUT2D eigenvalue weighted by Crippen LogP contribution is 2.11. The van der Waals surface area contributed by atoms with Crippen molar-refractivity contribution >= 4 is 35.3 Å². The molecule has 0 aliphatic carbocycles. The number of esters is 1. The Morgan fingerprint density at radius 2 is 2.00 bits per heavy atom. The first kappa shape index (κ1) is 21.1. The Kier molecular flexibility index (Phi) is 8.74. The van der Waals surface area contributed by atoms with E-state index in [2.05, 4.69) is 15.4 Å². The molecule has 26 heavy (non-hydrogen) atoms. The van der Waals surface area contributed by atoms with Gasteiger partial charge < -0.3 is 20.5 Å². The Balaban J connectivity index is 2.77. The van der Waals surface area contributed by atoms with Crippen molar-refractivity contribution in [1.82, 2.24) is 5.32 Å². The molecule has 0 bridgehead atoms. The highest BCUT2D eigenvalue weighted by Gasteiger charge is 2.21. The maximum atomic E-state index is 12.1. The molecule has 8 nitrogen and oxygen atoms in total. The predicted octanol–water partition coefficient (Wildman–Crippen LogP) is 1.62. The van der Waals surface area contributed by atoms with Crippen LogP contribution >= 0.6 is 11.8 Å². The molecule has 0 aliphatic heterocycles. The highest BCUT2D eigenvalue weighted by atomic mass is 32.2. The molecule has 0 saturated carbocycles. The lowest BCUT2D eigenvalue weighted by Crippen LogP contribution is -2.41. The summed E-state index contributed by atoms with van der Waals surface area (Å²) in [7, 11) is 1.28.